The Morgan fingerprint density at radius 2 is 2.00 bits per heavy atom. The molecule has 2 aliphatic heterocycles. The number of Topliss-reactive ketones (excluding diaryl/α,β-unsaturated/α-hetero) is 1. The van der Waals surface area contributed by atoms with Crippen LogP contribution in [0.5, 0.6) is 0 Å². The van der Waals surface area contributed by atoms with Crippen LogP contribution < -0.4 is 0 Å². The van der Waals surface area contributed by atoms with Crippen molar-refractivity contribution in [3.05, 3.63) is 65.7 Å². The lowest BCUT2D eigenvalue weighted by atomic mass is 9.89. The Labute approximate surface area is 186 Å². The minimum Gasteiger partial charge on any atom is -0.451 e. The highest BCUT2D eigenvalue weighted by Gasteiger charge is 2.54. The van der Waals surface area contributed by atoms with E-state index in [1.807, 2.05) is 41.3 Å². The molecule has 1 saturated carbocycles. The molecule has 6 heteroatoms. The number of aromatic nitrogens is 1. The van der Waals surface area contributed by atoms with Crippen LogP contribution in [-0.4, -0.2) is 40.4 Å². The largest absolute Gasteiger partial charge is 0.451 e. The molecule has 3 aromatic rings. The second kappa shape index (κ2) is 7.40. The number of amides is 1. The van der Waals surface area contributed by atoms with Gasteiger partial charge in [0, 0.05) is 36.7 Å². The Balaban J connectivity index is 1.03. The van der Waals surface area contributed by atoms with Gasteiger partial charge in [-0.25, -0.2) is 0 Å². The van der Waals surface area contributed by atoms with Gasteiger partial charge in [-0.05, 0) is 54.7 Å². The molecule has 162 valence electrons. The number of nitrogens with zero attached hydrogens (tertiary/aromatic N) is 3. The van der Waals surface area contributed by atoms with Crippen molar-refractivity contribution in [1.29, 1.82) is 0 Å². The molecule has 2 aromatic heterocycles. The summed E-state index contributed by atoms with van der Waals surface area (Å²) in [5, 5.41) is 0.915. The molecule has 1 unspecified atom stereocenters. The molecule has 1 aromatic carbocycles. The lowest BCUT2D eigenvalue weighted by Gasteiger charge is -2.33. The maximum absolute atomic E-state index is 13.1. The molecule has 1 aliphatic carbocycles. The quantitative estimate of drug-likeness (QED) is 0.565. The first-order chi connectivity index (χ1) is 15.6. The lowest BCUT2D eigenvalue weighted by molar-refractivity contribution is -0.125. The third-order valence-electron chi connectivity index (χ3n) is 7.61. The van der Waals surface area contributed by atoms with Gasteiger partial charge in [-0.1, -0.05) is 24.3 Å². The van der Waals surface area contributed by atoms with Crippen LogP contribution in [-0.2, 0) is 11.3 Å². The summed E-state index contributed by atoms with van der Waals surface area (Å²) in [6.45, 7) is 2.16. The Hall–Kier alpha value is -3.28. The van der Waals surface area contributed by atoms with Crippen molar-refractivity contribution in [2.75, 3.05) is 13.1 Å². The Morgan fingerprint density at radius 1 is 1.16 bits per heavy atom. The third kappa shape index (κ3) is 3.25. The highest BCUT2D eigenvalue weighted by atomic mass is 16.3. The molecule has 6 rings (SSSR count). The Morgan fingerprint density at radius 3 is 2.84 bits per heavy atom. The second-order valence-electron chi connectivity index (χ2n) is 9.36. The van der Waals surface area contributed by atoms with Gasteiger partial charge in [0.1, 0.15) is 5.71 Å². The number of hydrogen-bond donors (Lipinski definition) is 0. The molecule has 32 heavy (non-hydrogen) atoms. The summed E-state index contributed by atoms with van der Waals surface area (Å²) in [6.07, 6.45) is 7.95. The summed E-state index contributed by atoms with van der Waals surface area (Å²) >= 11 is 0. The minimum absolute atomic E-state index is 0.0637. The summed E-state index contributed by atoms with van der Waals surface area (Å²) in [4.78, 5) is 36.2. The zero-order chi connectivity index (χ0) is 21.7. The van der Waals surface area contributed by atoms with E-state index in [0.717, 1.165) is 55.3 Å². The van der Waals surface area contributed by atoms with Crippen LogP contribution in [0.3, 0.4) is 0 Å². The maximum Gasteiger partial charge on any atom is 0.272 e. The number of furan rings is 1. The molecule has 1 spiro atoms. The third-order valence-corrected chi connectivity index (χ3v) is 7.61. The lowest BCUT2D eigenvalue weighted by Crippen LogP contribution is -2.43. The molecule has 1 saturated heterocycles. The van der Waals surface area contributed by atoms with Gasteiger partial charge in [0.15, 0.2) is 17.1 Å². The molecular formula is C26H25N3O3. The molecule has 1 amide bonds. The smallest absolute Gasteiger partial charge is 0.272 e. The number of carbonyl (C=O) groups is 2. The number of pyridine rings is 1. The van der Waals surface area contributed by atoms with Gasteiger partial charge in [0.25, 0.3) is 5.91 Å². The first kappa shape index (κ1) is 19.4. The number of piperidine rings is 1. The van der Waals surface area contributed by atoms with Crippen molar-refractivity contribution < 1.29 is 14.0 Å². The monoisotopic (exact) mass is 427 g/mol. The Bertz CT molecular complexity index is 1220. The van der Waals surface area contributed by atoms with Crippen LogP contribution in [0.4, 0.5) is 0 Å². The normalized spacial score (nSPS) is 20.9. The molecule has 4 heterocycles. The first-order valence-electron chi connectivity index (χ1n) is 11.4. The zero-order valence-electron chi connectivity index (χ0n) is 17.9. The molecule has 1 atom stereocenters. The van der Waals surface area contributed by atoms with Gasteiger partial charge in [-0.2, -0.15) is 0 Å². The van der Waals surface area contributed by atoms with Gasteiger partial charge in [-0.3, -0.25) is 19.6 Å². The average molecular weight is 428 g/mol. The molecule has 0 radical (unpaired) electrons. The van der Waals surface area contributed by atoms with E-state index in [1.165, 1.54) is 0 Å². The number of benzene rings is 1. The summed E-state index contributed by atoms with van der Waals surface area (Å²) in [5.41, 5.74) is 3.71. The maximum atomic E-state index is 13.1. The van der Waals surface area contributed by atoms with Crippen molar-refractivity contribution in [2.24, 2.45) is 16.3 Å². The van der Waals surface area contributed by atoms with E-state index in [-0.39, 0.29) is 11.7 Å². The fraction of sp³-hybridized carbons (Fsp3) is 0.385. The van der Waals surface area contributed by atoms with E-state index in [0.29, 0.717) is 41.4 Å². The number of ketones is 1. The average Bonchev–Trinajstić information content (AvgIpc) is 3.17. The molecule has 6 nitrogen and oxygen atoms in total. The number of likely N-dealkylation sites (tertiary alicyclic amines) is 1. The predicted molar refractivity (Wildman–Crippen MR) is 121 cm³/mol. The van der Waals surface area contributed by atoms with Gasteiger partial charge in [0.2, 0.25) is 0 Å². The number of fused-ring (bicyclic) bond motifs is 2. The van der Waals surface area contributed by atoms with Gasteiger partial charge >= 0.3 is 0 Å². The van der Waals surface area contributed by atoms with E-state index in [2.05, 4.69) is 9.98 Å². The topological polar surface area (TPSA) is 75.8 Å². The van der Waals surface area contributed by atoms with E-state index in [4.69, 9.17) is 4.42 Å². The number of rotatable bonds is 5. The fourth-order valence-corrected chi connectivity index (χ4v) is 5.53. The zero-order valence-corrected chi connectivity index (χ0v) is 17.9. The fourth-order valence-electron chi connectivity index (χ4n) is 5.53. The van der Waals surface area contributed by atoms with Crippen molar-refractivity contribution in [3.8, 4) is 0 Å². The highest BCUT2D eigenvalue weighted by molar-refractivity contribution is 6.46. The van der Waals surface area contributed by atoms with Crippen LogP contribution in [0.1, 0.15) is 53.8 Å². The van der Waals surface area contributed by atoms with E-state index in [1.54, 1.807) is 12.4 Å². The minimum atomic E-state index is 0.0637. The summed E-state index contributed by atoms with van der Waals surface area (Å²) in [5.74, 6) is 1.13. The van der Waals surface area contributed by atoms with Crippen LogP contribution in [0.15, 0.2) is 58.2 Å². The molecular weight excluding hydrogens is 402 g/mol. The van der Waals surface area contributed by atoms with Gasteiger partial charge < -0.3 is 9.32 Å². The van der Waals surface area contributed by atoms with E-state index in [9.17, 15) is 9.59 Å². The van der Waals surface area contributed by atoms with E-state index >= 15 is 0 Å². The van der Waals surface area contributed by atoms with Crippen molar-refractivity contribution in [1.82, 2.24) is 9.88 Å². The van der Waals surface area contributed by atoms with Gasteiger partial charge in [0.05, 0.1) is 12.7 Å². The van der Waals surface area contributed by atoms with Crippen molar-refractivity contribution in [3.63, 3.8) is 0 Å². The van der Waals surface area contributed by atoms with Crippen LogP contribution in [0.2, 0.25) is 0 Å². The summed E-state index contributed by atoms with van der Waals surface area (Å²) < 4.78 is 5.67. The number of carbonyl (C=O) groups excluding carboxylic acids is 2. The predicted octanol–water partition coefficient (Wildman–Crippen LogP) is 4.42. The first-order valence-corrected chi connectivity index (χ1v) is 11.4. The van der Waals surface area contributed by atoms with Crippen molar-refractivity contribution >= 4 is 28.4 Å². The van der Waals surface area contributed by atoms with Crippen LogP contribution in [0.25, 0.3) is 11.0 Å². The van der Waals surface area contributed by atoms with Crippen LogP contribution >= 0.6 is 0 Å². The molecule has 3 aliphatic rings. The molecule has 0 bridgehead atoms. The SMILES string of the molecule is O=C(CCC1CC12CCN(C(=O)C1=NCc3ccccc31)CC2)c1cc2ccncc2o1. The van der Waals surface area contributed by atoms with E-state index < -0.39 is 0 Å². The van der Waals surface area contributed by atoms with Crippen molar-refractivity contribution in [2.45, 2.75) is 38.6 Å². The Kier molecular flexibility index (Phi) is 4.49. The van der Waals surface area contributed by atoms with Crippen LogP contribution in [0, 0.1) is 11.3 Å². The number of aliphatic imine (C=N–C) groups is 1. The molecule has 0 N–H and O–H groups in total. The summed E-state index contributed by atoms with van der Waals surface area (Å²) in [7, 11) is 0. The molecule has 2 fully saturated rings. The standard InChI is InChI=1S/C26H25N3O3/c30-21(22-13-17-7-10-27-16-23(17)32-22)6-5-19-14-26(19)8-11-29(12-9-26)25(31)24-20-4-2-1-3-18(20)15-28-24/h1-4,7,10,13,16,19H,5-6,8-9,11-12,14-15H2. The summed E-state index contributed by atoms with van der Waals surface area (Å²) in [6, 6.07) is 11.7. The second-order valence-corrected chi connectivity index (χ2v) is 9.36. The number of hydrogen-bond acceptors (Lipinski definition) is 5. The highest BCUT2D eigenvalue weighted by Crippen LogP contribution is 2.61. The van der Waals surface area contributed by atoms with Gasteiger partial charge in [-0.15, -0.1) is 0 Å².